The van der Waals surface area contributed by atoms with Gasteiger partial charge in [-0.3, -0.25) is 4.79 Å². The fourth-order valence-electron chi connectivity index (χ4n) is 3.29. The summed E-state index contributed by atoms with van der Waals surface area (Å²) in [7, 11) is -4.04. The van der Waals surface area contributed by atoms with Crippen molar-refractivity contribution in [2.45, 2.75) is 31.8 Å². The zero-order valence-corrected chi connectivity index (χ0v) is 19.3. The van der Waals surface area contributed by atoms with Crippen molar-refractivity contribution in [2.75, 3.05) is 13.1 Å². The highest BCUT2D eigenvalue weighted by atomic mass is 32.2. The zero-order chi connectivity index (χ0) is 24.0. The van der Waals surface area contributed by atoms with E-state index >= 15 is 0 Å². The van der Waals surface area contributed by atoms with E-state index in [1.54, 1.807) is 24.3 Å². The van der Waals surface area contributed by atoms with Gasteiger partial charge in [-0.25, -0.2) is 17.2 Å². The van der Waals surface area contributed by atoms with Gasteiger partial charge in [0.05, 0.1) is 24.2 Å². The van der Waals surface area contributed by atoms with Gasteiger partial charge < -0.3 is 9.32 Å². The summed E-state index contributed by atoms with van der Waals surface area (Å²) in [5, 5.41) is 0. The van der Waals surface area contributed by atoms with Gasteiger partial charge in [0.2, 0.25) is 15.9 Å². The molecule has 0 radical (unpaired) electrons. The predicted molar refractivity (Wildman–Crippen MR) is 119 cm³/mol. The second-order valence-corrected chi connectivity index (χ2v) is 10.0. The van der Waals surface area contributed by atoms with Crippen LogP contribution in [0.3, 0.4) is 0 Å². The number of furan rings is 1. The maximum Gasteiger partial charge on any atom is 0.243 e. The van der Waals surface area contributed by atoms with Gasteiger partial charge in [-0.1, -0.05) is 26.0 Å². The van der Waals surface area contributed by atoms with Crippen LogP contribution in [0.2, 0.25) is 0 Å². The van der Waals surface area contributed by atoms with Crippen molar-refractivity contribution in [3.8, 4) is 0 Å². The molecule has 3 aromatic rings. The summed E-state index contributed by atoms with van der Waals surface area (Å²) in [6.45, 7) is 3.66. The van der Waals surface area contributed by atoms with Gasteiger partial charge in [0, 0.05) is 13.1 Å². The Morgan fingerprint density at radius 1 is 0.939 bits per heavy atom. The van der Waals surface area contributed by atoms with Gasteiger partial charge in [-0.15, -0.1) is 0 Å². The van der Waals surface area contributed by atoms with Gasteiger partial charge >= 0.3 is 0 Å². The van der Waals surface area contributed by atoms with Crippen LogP contribution in [0, 0.1) is 17.6 Å². The Balaban J connectivity index is 1.86. The van der Waals surface area contributed by atoms with Gasteiger partial charge in [0.1, 0.15) is 17.4 Å². The highest BCUT2D eigenvalue weighted by Crippen LogP contribution is 2.19. The van der Waals surface area contributed by atoms with Gasteiger partial charge in [-0.2, -0.15) is 4.31 Å². The molecule has 0 saturated carbocycles. The summed E-state index contributed by atoms with van der Waals surface area (Å²) in [6, 6.07) is 13.6. The number of benzene rings is 2. The minimum atomic E-state index is -4.04. The van der Waals surface area contributed by atoms with Gasteiger partial charge in [-0.05, 0) is 60.0 Å². The van der Waals surface area contributed by atoms with Crippen LogP contribution in [0.5, 0.6) is 0 Å². The molecule has 0 saturated heterocycles. The Morgan fingerprint density at radius 2 is 1.55 bits per heavy atom. The standard InChI is InChI=1S/C24H26F2N2O4S/c1-18(2)14-28(33(30,31)23-11-9-21(26)10-12-23)17-24(29)27(16-22-4-3-13-32-22)15-19-5-7-20(25)8-6-19/h3-13,18H,14-17H2,1-2H3. The lowest BCUT2D eigenvalue weighted by atomic mass is 10.2. The third kappa shape index (κ3) is 6.72. The van der Waals surface area contributed by atoms with Crippen LogP contribution < -0.4 is 0 Å². The van der Waals surface area contributed by atoms with E-state index in [2.05, 4.69) is 0 Å². The third-order valence-electron chi connectivity index (χ3n) is 4.90. The summed E-state index contributed by atoms with van der Waals surface area (Å²) in [5.41, 5.74) is 0.688. The van der Waals surface area contributed by atoms with E-state index in [0.29, 0.717) is 11.3 Å². The number of rotatable bonds is 10. The van der Waals surface area contributed by atoms with Crippen molar-refractivity contribution in [2.24, 2.45) is 5.92 Å². The van der Waals surface area contributed by atoms with E-state index in [1.165, 1.54) is 35.4 Å². The first kappa shape index (κ1) is 24.6. The maximum atomic E-state index is 13.3. The number of carbonyl (C=O) groups is 1. The van der Waals surface area contributed by atoms with E-state index in [1.807, 2.05) is 13.8 Å². The maximum absolute atomic E-state index is 13.3. The van der Waals surface area contributed by atoms with Crippen LogP contribution >= 0.6 is 0 Å². The predicted octanol–water partition coefficient (Wildman–Crippen LogP) is 4.43. The first-order chi connectivity index (χ1) is 15.6. The molecule has 0 spiro atoms. The second kappa shape index (κ2) is 10.7. The number of hydrogen-bond acceptors (Lipinski definition) is 4. The molecule has 9 heteroatoms. The fraction of sp³-hybridized carbons (Fsp3) is 0.292. The lowest BCUT2D eigenvalue weighted by Crippen LogP contribution is -2.43. The molecule has 1 amide bonds. The Hall–Kier alpha value is -3.04. The van der Waals surface area contributed by atoms with E-state index in [-0.39, 0.29) is 30.4 Å². The minimum absolute atomic E-state index is 0.0522. The van der Waals surface area contributed by atoms with Gasteiger partial charge in [0.15, 0.2) is 0 Å². The molecule has 0 unspecified atom stereocenters. The van der Waals surface area contributed by atoms with Crippen molar-refractivity contribution in [1.29, 1.82) is 0 Å². The SMILES string of the molecule is CC(C)CN(CC(=O)N(Cc1ccc(F)cc1)Cc1ccco1)S(=O)(=O)c1ccc(F)cc1. The van der Waals surface area contributed by atoms with Gasteiger partial charge in [0.25, 0.3) is 0 Å². The summed E-state index contributed by atoms with van der Waals surface area (Å²) in [5.74, 6) is -0.909. The number of sulfonamides is 1. The number of halogens is 2. The molecule has 0 aliphatic heterocycles. The van der Waals surface area contributed by atoms with Crippen molar-refractivity contribution in [3.05, 3.63) is 89.9 Å². The highest BCUT2D eigenvalue weighted by molar-refractivity contribution is 7.89. The zero-order valence-electron chi connectivity index (χ0n) is 18.4. The molecule has 0 bridgehead atoms. The molecule has 33 heavy (non-hydrogen) atoms. The molecular formula is C24H26F2N2O4S. The average Bonchev–Trinajstić information content (AvgIpc) is 3.27. The molecule has 3 rings (SSSR count). The Morgan fingerprint density at radius 3 is 2.09 bits per heavy atom. The van der Waals surface area contributed by atoms with E-state index in [9.17, 15) is 22.0 Å². The van der Waals surface area contributed by atoms with Crippen LogP contribution in [0.25, 0.3) is 0 Å². The van der Waals surface area contributed by atoms with E-state index < -0.39 is 34.1 Å². The quantitative estimate of drug-likeness (QED) is 0.434. The first-order valence-electron chi connectivity index (χ1n) is 10.5. The van der Waals surface area contributed by atoms with Crippen LogP contribution in [0.4, 0.5) is 8.78 Å². The number of amides is 1. The Labute approximate surface area is 192 Å². The topological polar surface area (TPSA) is 70.8 Å². The third-order valence-corrected chi connectivity index (χ3v) is 6.72. The number of nitrogens with zero attached hydrogens (tertiary/aromatic N) is 2. The van der Waals surface area contributed by atoms with Crippen molar-refractivity contribution in [1.82, 2.24) is 9.21 Å². The smallest absolute Gasteiger partial charge is 0.243 e. The highest BCUT2D eigenvalue weighted by Gasteiger charge is 2.29. The minimum Gasteiger partial charge on any atom is -0.467 e. The number of hydrogen-bond donors (Lipinski definition) is 0. The molecule has 1 aromatic heterocycles. The fourth-order valence-corrected chi connectivity index (χ4v) is 4.85. The molecular weight excluding hydrogens is 450 g/mol. The molecule has 2 aromatic carbocycles. The molecule has 0 aliphatic rings. The lowest BCUT2D eigenvalue weighted by molar-refractivity contribution is -0.133. The average molecular weight is 477 g/mol. The van der Waals surface area contributed by atoms with E-state index in [0.717, 1.165) is 16.4 Å². The van der Waals surface area contributed by atoms with Crippen LogP contribution in [-0.4, -0.2) is 36.6 Å². The molecule has 0 aliphatic carbocycles. The largest absolute Gasteiger partial charge is 0.467 e. The first-order valence-corrected chi connectivity index (χ1v) is 11.9. The Kier molecular flexibility index (Phi) is 7.99. The van der Waals surface area contributed by atoms with Crippen LogP contribution in [-0.2, 0) is 27.9 Å². The molecule has 0 N–H and O–H groups in total. The summed E-state index contributed by atoms with van der Waals surface area (Å²) in [6.07, 6.45) is 1.49. The summed E-state index contributed by atoms with van der Waals surface area (Å²) < 4.78 is 59.5. The molecule has 176 valence electrons. The molecule has 1 heterocycles. The monoisotopic (exact) mass is 476 g/mol. The normalized spacial score (nSPS) is 11.8. The summed E-state index contributed by atoms with van der Waals surface area (Å²) in [4.78, 5) is 14.7. The Bertz CT molecular complexity index is 1150. The lowest BCUT2D eigenvalue weighted by Gasteiger charge is -2.28. The van der Waals surface area contributed by atoms with Crippen LogP contribution in [0.15, 0.2) is 76.2 Å². The number of carbonyl (C=O) groups excluding carboxylic acids is 1. The molecule has 0 fully saturated rings. The van der Waals surface area contributed by atoms with Crippen LogP contribution in [0.1, 0.15) is 25.2 Å². The second-order valence-electron chi connectivity index (χ2n) is 8.10. The van der Waals surface area contributed by atoms with Crippen molar-refractivity contribution >= 4 is 15.9 Å². The summed E-state index contributed by atoms with van der Waals surface area (Å²) >= 11 is 0. The van der Waals surface area contributed by atoms with Crippen molar-refractivity contribution in [3.63, 3.8) is 0 Å². The molecule has 0 atom stereocenters. The molecule has 6 nitrogen and oxygen atoms in total. The van der Waals surface area contributed by atoms with Crippen molar-refractivity contribution < 1.29 is 26.4 Å². The van der Waals surface area contributed by atoms with E-state index in [4.69, 9.17) is 4.42 Å².